The van der Waals surface area contributed by atoms with E-state index in [1.807, 2.05) is 13.0 Å². The Morgan fingerprint density at radius 1 is 1.53 bits per heavy atom. The summed E-state index contributed by atoms with van der Waals surface area (Å²) in [7, 11) is 0. The Balaban J connectivity index is 3.00. The van der Waals surface area contributed by atoms with Crippen LogP contribution in [0.25, 0.3) is 0 Å². The summed E-state index contributed by atoms with van der Waals surface area (Å²) in [6.07, 6.45) is 0. The molecular weight excluding hydrogens is 192 g/mol. The molecule has 0 fully saturated rings. The van der Waals surface area contributed by atoms with E-state index in [9.17, 15) is 4.79 Å². The van der Waals surface area contributed by atoms with Gasteiger partial charge in [-0.2, -0.15) is 5.10 Å². The maximum atomic E-state index is 11.6. The van der Waals surface area contributed by atoms with Crippen LogP contribution in [0.4, 0.5) is 0 Å². The number of aryl methyl sites for hydroxylation is 1. The highest BCUT2D eigenvalue weighted by molar-refractivity contribution is 5.87. The van der Waals surface area contributed by atoms with Gasteiger partial charge in [0.2, 0.25) is 0 Å². The Labute approximate surface area is 90.2 Å². The normalized spacial score (nSPS) is 10.7. The number of ether oxygens (including phenoxy) is 1. The average Bonchev–Trinajstić information content (AvgIpc) is 2.61. The molecule has 0 amide bonds. The number of nitrogens with zero attached hydrogens (tertiary/aromatic N) is 2. The molecule has 0 aliphatic carbocycles. The maximum absolute atomic E-state index is 11.6. The van der Waals surface area contributed by atoms with Gasteiger partial charge in [-0.15, -0.1) is 0 Å². The maximum Gasteiger partial charge on any atom is 0.356 e. The molecule has 15 heavy (non-hydrogen) atoms. The molecule has 0 aliphatic heterocycles. The van der Waals surface area contributed by atoms with Crippen molar-refractivity contribution in [1.29, 1.82) is 0 Å². The van der Waals surface area contributed by atoms with Crippen molar-refractivity contribution in [2.45, 2.75) is 40.2 Å². The fourth-order valence-corrected chi connectivity index (χ4v) is 1.33. The van der Waals surface area contributed by atoms with E-state index in [-0.39, 0.29) is 5.97 Å². The fraction of sp³-hybridized carbons (Fsp3) is 0.636. The SMILES string of the molecule is CCOC(=O)c1cc(C(C)C)nn1CC. The van der Waals surface area contributed by atoms with Gasteiger partial charge in [0, 0.05) is 6.54 Å². The van der Waals surface area contributed by atoms with Crippen molar-refractivity contribution in [2.75, 3.05) is 6.61 Å². The predicted molar refractivity (Wildman–Crippen MR) is 57.9 cm³/mol. The number of carbonyl (C=O) groups is 1. The number of hydrogen-bond donors (Lipinski definition) is 0. The molecule has 0 aliphatic rings. The lowest BCUT2D eigenvalue weighted by molar-refractivity contribution is 0.0512. The second kappa shape index (κ2) is 4.96. The third-order valence-electron chi connectivity index (χ3n) is 2.17. The zero-order valence-electron chi connectivity index (χ0n) is 9.78. The van der Waals surface area contributed by atoms with E-state index < -0.39 is 0 Å². The smallest absolute Gasteiger partial charge is 0.356 e. The standard InChI is InChI=1S/C11H18N2O2/c1-5-13-10(11(14)15-6-2)7-9(12-13)8(3)4/h7-8H,5-6H2,1-4H3. The summed E-state index contributed by atoms with van der Waals surface area (Å²) in [6, 6.07) is 1.81. The van der Waals surface area contributed by atoms with Crippen LogP contribution in [-0.4, -0.2) is 22.4 Å². The molecule has 1 rings (SSSR count). The monoisotopic (exact) mass is 210 g/mol. The van der Waals surface area contributed by atoms with Crippen molar-refractivity contribution in [3.63, 3.8) is 0 Å². The van der Waals surface area contributed by atoms with E-state index in [4.69, 9.17) is 4.74 Å². The molecule has 1 aromatic rings. The minimum atomic E-state index is -0.293. The van der Waals surface area contributed by atoms with Crippen molar-refractivity contribution in [3.8, 4) is 0 Å². The molecule has 0 bridgehead atoms. The van der Waals surface area contributed by atoms with E-state index in [2.05, 4.69) is 18.9 Å². The Hall–Kier alpha value is -1.32. The first kappa shape index (κ1) is 11.8. The number of rotatable bonds is 4. The van der Waals surface area contributed by atoms with Gasteiger partial charge in [0.25, 0.3) is 0 Å². The van der Waals surface area contributed by atoms with E-state index in [0.717, 1.165) is 5.69 Å². The number of hydrogen-bond acceptors (Lipinski definition) is 3. The number of aromatic nitrogens is 2. The second-order valence-corrected chi connectivity index (χ2v) is 3.65. The van der Waals surface area contributed by atoms with E-state index in [1.54, 1.807) is 11.6 Å². The predicted octanol–water partition coefficient (Wildman–Crippen LogP) is 2.20. The summed E-state index contributed by atoms with van der Waals surface area (Å²) in [4.78, 5) is 11.6. The highest BCUT2D eigenvalue weighted by Crippen LogP contribution is 2.15. The molecule has 0 atom stereocenters. The second-order valence-electron chi connectivity index (χ2n) is 3.65. The summed E-state index contributed by atoms with van der Waals surface area (Å²) in [5.74, 6) is 0.0322. The van der Waals surface area contributed by atoms with E-state index >= 15 is 0 Å². The van der Waals surface area contributed by atoms with Crippen LogP contribution in [0.2, 0.25) is 0 Å². The summed E-state index contributed by atoms with van der Waals surface area (Å²) < 4.78 is 6.65. The summed E-state index contributed by atoms with van der Waals surface area (Å²) >= 11 is 0. The lowest BCUT2D eigenvalue weighted by Crippen LogP contribution is -2.12. The fourth-order valence-electron chi connectivity index (χ4n) is 1.33. The van der Waals surface area contributed by atoms with Crippen LogP contribution in [-0.2, 0) is 11.3 Å². The van der Waals surface area contributed by atoms with E-state index in [0.29, 0.717) is 24.8 Å². The number of carbonyl (C=O) groups excluding carboxylic acids is 1. The van der Waals surface area contributed by atoms with Crippen molar-refractivity contribution in [3.05, 3.63) is 17.5 Å². The van der Waals surface area contributed by atoms with Crippen molar-refractivity contribution in [1.82, 2.24) is 9.78 Å². The van der Waals surface area contributed by atoms with Gasteiger partial charge in [-0.25, -0.2) is 4.79 Å². The highest BCUT2D eigenvalue weighted by atomic mass is 16.5. The van der Waals surface area contributed by atoms with Crippen LogP contribution in [0.5, 0.6) is 0 Å². The zero-order valence-corrected chi connectivity index (χ0v) is 9.78. The van der Waals surface area contributed by atoms with Crippen molar-refractivity contribution < 1.29 is 9.53 Å². The molecular formula is C11H18N2O2. The van der Waals surface area contributed by atoms with Gasteiger partial charge in [-0.05, 0) is 25.8 Å². The van der Waals surface area contributed by atoms with Crippen LogP contribution in [0.3, 0.4) is 0 Å². The summed E-state index contributed by atoms with van der Waals surface area (Å²) in [5, 5.41) is 4.35. The van der Waals surface area contributed by atoms with Crippen LogP contribution in [0.15, 0.2) is 6.07 Å². The Morgan fingerprint density at radius 2 is 2.20 bits per heavy atom. The first-order valence-corrected chi connectivity index (χ1v) is 5.35. The van der Waals surface area contributed by atoms with Crippen LogP contribution in [0.1, 0.15) is 49.8 Å². The summed E-state index contributed by atoms with van der Waals surface area (Å²) in [6.45, 7) is 8.94. The van der Waals surface area contributed by atoms with Crippen molar-refractivity contribution >= 4 is 5.97 Å². The van der Waals surface area contributed by atoms with Crippen LogP contribution < -0.4 is 0 Å². The third-order valence-corrected chi connectivity index (χ3v) is 2.17. The molecule has 0 N–H and O–H groups in total. The van der Waals surface area contributed by atoms with Crippen molar-refractivity contribution in [2.24, 2.45) is 0 Å². The Kier molecular flexibility index (Phi) is 3.88. The first-order chi connectivity index (χ1) is 7.10. The molecule has 1 heterocycles. The van der Waals surface area contributed by atoms with Gasteiger partial charge in [0.15, 0.2) is 0 Å². The van der Waals surface area contributed by atoms with Gasteiger partial charge in [0.05, 0.1) is 12.3 Å². The molecule has 0 radical (unpaired) electrons. The topological polar surface area (TPSA) is 44.1 Å². The largest absolute Gasteiger partial charge is 0.461 e. The minimum absolute atomic E-state index is 0.293. The Bertz CT molecular complexity index is 342. The molecule has 0 unspecified atom stereocenters. The molecule has 84 valence electrons. The highest BCUT2D eigenvalue weighted by Gasteiger charge is 2.16. The zero-order chi connectivity index (χ0) is 11.4. The molecule has 0 aromatic carbocycles. The molecule has 0 spiro atoms. The number of esters is 1. The third kappa shape index (κ3) is 2.58. The van der Waals surface area contributed by atoms with Crippen LogP contribution in [0, 0.1) is 0 Å². The Morgan fingerprint density at radius 3 is 2.67 bits per heavy atom. The molecule has 4 heteroatoms. The molecule has 0 saturated carbocycles. The van der Waals surface area contributed by atoms with Gasteiger partial charge in [-0.3, -0.25) is 4.68 Å². The van der Waals surface area contributed by atoms with Gasteiger partial charge in [0.1, 0.15) is 5.69 Å². The summed E-state index contributed by atoms with van der Waals surface area (Å²) in [5.41, 5.74) is 1.47. The molecule has 1 aromatic heterocycles. The van der Waals surface area contributed by atoms with Gasteiger partial charge >= 0.3 is 5.97 Å². The first-order valence-electron chi connectivity index (χ1n) is 5.35. The minimum Gasteiger partial charge on any atom is -0.461 e. The van der Waals surface area contributed by atoms with E-state index in [1.165, 1.54) is 0 Å². The van der Waals surface area contributed by atoms with Gasteiger partial charge in [-0.1, -0.05) is 13.8 Å². The van der Waals surface area contributed by atoms with Crippen LogP contribution >= 0.6 is 0 Å². The van der Waals surface area contributed by atoms with Gasteiger partial charge < -0.3 is 4.74 Å². The quantitative estimate of drug-likeness (QED) is 0.715. The molecule has 0 saturated heterocycles. The average molecular weight is 210 g/mol. The lowest BCUT2D eigenvalue weighted by Gasteiger charge is -2.02. The molecule has 4 nitrogen and oxygen atoms in total. The lowest BCUT2D eigenvalue weighted by atomic mass is 10.1.